The zero-order valence-electron chi connectivity index (χ0n) is 6.27. The molecule has 0 radical (unpaired) electrons. The van der Waals surface area contributed by atoms with Crippen molar-refractivity contribution in [1.29, 1.82) is 0 Å². The van der Waals surface area contributed by atoms with Crippen LogP contribution >= 0.6 is 22.6 Å². The monoisotopic (exact) mass is 280 g/mol. The number of benzene rings is 1. The highest BCUT2D eigenvalue weighted by Crippen LogP contribution is 2.26. The van der Waals surface area contributed by atoms with Crippen LogP contribution in [0.15, 0.2) is 12.1 Å². The van der Waals surface area contributed by atoms with Gasteiger partial charge in [-0.15, -0.1) is 0 Å². The molecule has 1 aromatic rings. The number of halogens is 2. The molecule has 1 aromatic carbocycles. The van der Waals surface area contributed by atoms with Crippen molar-refractivity contribution >= 4 is 28.4 Å². The van der Waals surface area contributed by atoms with Crippen LogP contribution in [-0.4, -0.2) is 10.9 Å². The number of Topliss-reactive ketones (excluding diaryl/α,β-unsaturated/α-hetero) is 1. The molecule has 0 amide bonds. The molecule has 0 saturated carbocycles. The van der Waals surface area contributed by atoms with Crippen LogP contribution < -0.4 is 0 Å². The summed E-state index contributed by atoms with van der Waals surface area (Å²) < 4.78 is 13.4. The van der Waals surface area contributed by atoms with E-state index in [1.165, 1.54) is 13.0 Å². The minimum Gasteiger partial charge on any atom is -0.506 e. The Labute approximate surface area is 82.5 Å². The number of carbonyl (C=O) groups excluding carboxylic acids is 1. The SMILES string of the molecule is CC(=O)c1c(F)ccc(I)c1O. The lowest BCUT2D eigenvalue weighted by atomic mass is 10.1. The van der Waals surface area contributed by atoms with E-state index in [0.717, 1.165) is 6.07 Å². The number of hydrogen-bond donors (Lipinski definition) is 1. The fraction of sp³-hybridized carbons (Fsp3) is 0.125. The van der Waals surface area contributed by atoms with Crippen LogP contribution in [0.5, 0.6) is 5.75 Å². The Kier molecular flexibility index (Phi) is 2.66. The first-order valence-electron chi connectivity index (χ1n) is 3.22. The van der Waals surface area contributed by atoms with E-state index >= 15 is 0 Å². The van der Waals surface area contributed by atoms with Crippen LogP contribution in [-0.2, 0) is 0 Å². The van der Waals surface area contributed by atoms with Gasteiger partial charge < -0.3 is 5.11 Å². The molecule has 0 aliphatic rings. The molecule has 2 nitrogen and oxygen atoms in total. The van der Waals surface area contributed by atoms with E-state index in [9.17, 15) is 14.3 Å². The van der Waals surface area contributed by atoms with E-state index in [4.69, 9.17) is 0 Å². The zero-order valence-corrected chi connectivity index (χ0v) is 8.42. The summed E-state index contributed by atoms with van der Waals surface area (Å²) in [6.45, 7) is 1.22. The third-order valence-corrected chi connectivity index (χ3v) is 2.30. The molecule has 12 heavy (non-hydrogen) atoms. The van der Waals surface area contributed by atoms with Gasteiger partial charge in [-0.25, -0.2) is 4.39 Å². The number of rotatable bonds is 1. The Morgan fingerprint density at radius 1 is 1.58 bits per heavy atom. The third kappa shape index (κ3) is 1.57. The topological polar surface area (TPSA) is 37.3 Å². The van der Waals surface area contributed by atoms with E-state index in [0.29, 0.717) is 3.57 Å². The van der Waals surface area contributed by atoms with Crippen molar-refractivity contribution < 1.29 is 14.3 Å². The van der Waals surface area contributed by atoms with Crippen LogP contribution in [0.25, 0.3) is 0 Å². The van der Waals surface area contributed by atoms with E-state index in [-0.39, 0.29) is 11.3 Å². The van der Waals surface area contributed by atoms with Crippen LogP contribution in [0.4, 0.5) is 4.39 Å². The number of hydrogen-bond acceptors (Lipinski definition) is 2. The van der Waals surface area contributed by atoms with Gasteiger partial charge in [-0.05, 0) is 41.6 Å². The summed E-state index contributed by atoms with van der Waals surface area (Å²) in [5.74, 6) is -1.42. The largest absolute Gasteiger partial charge is 0.506 e. The summed E-state index contributed by atoms with van der Waals surface area (Å²) in [6.07, 6.45) is 0. The van der Waals surface area contributed by atoms with E-state index in [1.807, 2.05) is 22.6 Å². The first-order valence-corrected chi connectivity index (χ1v) is 4.30. The van der Waals surface area contributed by atoms with E-state index in [2.05, 4.69) is 0 Å². The molecule has 4 heteroatoms. The van der Waals surface area contributed by atoms with E-state index < -0.39 is 11.6 Å². The first kappa shape index (κ1) is 9.44. The highest BCUT2D eigenvalue weighted by Gasteiger charge is 2.14. The number of phenols is 1. The third-order valence-electron chi connectivity index (χ3n) is 1.43. The lowest BCUT2D eigenvalue weighted by Gasteiger charge is -2.03. The molecule has 64 valence electrons. The van der Waals surface area contributed by atoms with Gasteiger partial charge in [0.15, 0.2) is 5.78 Å². The lowest BCUT2D eigenvalue weighted by molar-refractivity contribution is 0.101. The summed E-state index contributed by atoms with van der Waals surface area (Å²) in [5.41, 5.74) is -0.234. The van der Waals surface area contributed by atoms with Crippen LogP contribution in [0.2, 0.25) is 0 Å². The Balaban J connectivity index is 3.43. The predicted octanol–water partition coefficient (Wildman–Crippen LogP) is 2.34. The Morgan fingerprint density at radius 2 is 2.17 bits per heavy atom. The Bertz CT molecular complexity index is 336. The van der Waals surface area contributed by atoms with Crippen molar-refractivity contribution in [2.24, 2.45) is 0 Å². The first-order chi connectivity index (χ1) is 5.54. The van der Waals surface area contributed by atoms with Crippen molar-refractivity contribution in [2.75, 3.05) is 0 Å². The van der Waals surface area contributed by atoms with Gasteiger partial charge in [0, 0.05) is 0 Å². The average molecular weight is 280 g/mol. The van der Waals surface area contributed by atoms with Crippen LogP contribution in [0, 0.1) is 9.39 Å². The van der Waals surface area contributed by atoms with Crippen molar-refractivity contribution in [2.45, 2.75) is 6.92 Å². The van der Waals surface area contributed by atoms with Gasteiger partial charge in [-0.1, -0.05) is 0 Å². The van der Waals surface area contributed by atoms with Gasteiger partial charge in [-0.2, -0.15) is 0 Å². The van der Waals surface area contributed by atoms with Gasteiger partial charge in [0.25, 0.3) is 0 Å². The molecule has 0 aromatic heterocycles. The van der Waals surface area contributed by atoms with Crippen molar-refractivity contribution in [1.82, 2.24) is 0 Å². The fourth-order valence-electron chi connectivity index (χ4n) is 0.876. The minimum absolute atomic E-state index is 0.234. The summed E-state index contributed by atoms with van der Waals surface area (Å²) in [5, 5.41) is 9.28. The molecule has 0 bridgehead atoms. The molecule has 0 heterocycles. The summed E-state index contributed by atoms with van der Waals surface area (Å²) in [7, 11) is 0. The maximum atomic E-state index is 12.9. The maximum absolute atomic E-state index is 12.9. The van der Waals surface area contributed by atoms with Gasteiger partial charge in [0.2, 0.25) is 0 Å². The minimum atomic E-state index is -0.680. The van der Waals surface area contributed by atoms with Crippen molar-refractivity contribution in [3.05, 3.63) is 27.1 Å². The summed E-state index contributed by atoms with van der Waals surface area (Å²) in [6, 6.07) is 2.58. The molecule has 0 unspecified atom stereocenters. The lowest BCUT2D eigenvalue weighted by Crippen LogP contribution is -1.98. The zero-order chi connectivity index (χ0) is 9.30. The standard InChI is InChI=1S/C8H6FIO2/c1-4(11)7-5(9)2-3-6(10)8(7)12/h2-3,12H,1H3. The van der Waals surface area contributed by atoms with Gasteiger partial charge in [0.05, 0.1) is 9.13 Å². The molecule has 0 aliphatic heterocycles. The molecular weight excluding hydrogens is 274 g/mol. The van der Waals surface area contributed by atoms with Crippen LogP contribution in [0.3, 0.4) is 0 Å². The highest BCUT2D eigenvalue weighted by molar-refractivity contribution is 14.1. The van der Waals surface area contributed by atoms with Crippen LogP contribution in [0.1, 0.15) is 17.3 Å². The van der Waals surface area contributed by atoms with Gasteiger partial charge in [0.1, 0.15) is 11.6 Å². The predicted molar refractivity (Wildman–Crippen MR) is 50.8 cm³/mol. The van der Waals surface area contributed by atoms with E-state index in [1.54, 1.807) is 0 Å². The summed E-state index contributed by atoms with van der Waals surface area (Å²) in [4.78, 5) is 10.8. The number of phenolic OH excluding ortho intramolecular Hbond substituents is 1. The maximum Gasteiger partial charge on any atom is 0.166 e. The number of ketones is 1. The molecule has 1 rings (SSSR count). The second kappa shape index (κ2) is 3.38. The normalized spacial score (nSPS) is 9.92. The van der Waals surface area contributed by atoms with Gasteiger partial charge in [-0.3, -0.25) is 4.79 Å². The molecule has 0 atom stereocenters. The number of aromatic hydroxyl groups is 1. The second-order valence-corrected chi connectivity index (χ2v) is 3.47. The second-order valence-electron chi connectivity index (χ2n) is 2.31. The molecule has 0 aliphatic carbocycles. The highest BCUT2D eigenvalue weighted by atomic mass is 127. The average Bonchev–Trinajstić information content (AvgIpc) is 1.97. The fourth-order valence-corrected chi connectivity index (χ4v) is 1.33. The summed E-state index contributed by atoms with van der Waals surface area (Å²) >= 11 is 1.83. The number of carbonyl (C=O) groups is 1. The molecule has 0 spiro atoms. The molecular formula is C8H6FIO2. The Hall–Kier alpha value is -0.650. The molecule has 0 saturated heterocycles. The smallest absolute Gasteiger partial charge is 0.166 e. The molecule has 1 N–H and O–H groups in total. The quantitative estimate of drug-likeness (QED) is 0.633. The van der Waals surface area contributed by atoms with Crippen molar-refractivity contribution in [3.63, 3.8) is 0 Å². The van der Waals surface area contributed by atoms with Crippen molar-refractivity contribution in [3.8, 4) is 5.75 Å². The van der Waals surface area contributed by atoms with Gasteiger partial charge >= 0.3 is 0 Å². The molecule has 0 fully saturated rings. The Morgan fingerprint density at radius 3 is 2.58 bits per heavy atom.